The SMILES string of the molecule is CC(C)CC(=O)N1Cc2ccnn2[C@@H](CC(=O)NCC2CCOCC2)C1. The molecule has 3 heterocycles. The number of aromatic nitrogens is 2. The number of nitrogens with zero attached hydrogens (tertiary/aromatic N) is 3. The molecule has 2 aliphatic rings. The summed E-state index contributed by atoms with van der Waals surface area (Å²) < 4.78 is 7.27. The largest absolute Gasteiger partial charge is 0.381 e. The van der Waals surface area contributed by atoms with E-state index in [-0.39, 0.29) is 17.9 Å². The van der Waals surface area contributed by atoms with E-state index in [0.29, 0.717) is 44.3 Å². The molecule has 1 saturated heterocycles. The lowest BCUT2D eigenvalue weighted by molar-refractivity contribution is -0.135. The van der Waals surface area contributed by atoms with Crippen LogP contribution in [0.25, 0.3) is 0 Å². The van der Waals surface area contributed by atoms with Crippen LogP contribution in [0.4, 0.5) is 0 Å². The van der Waals surface area contributed by atoms with Gasteiger partial charge in [0.2, 0.25) is 11.8 Å². The molecule has 0 saturated carbocycles. The maximum absolute atomic E-state index is 12.5. The monoisotopic (exact) mass is 362 g/mol. The Morgan fingerprint density at radius 1 is 1.35 bits per heavy atom. The summed E-state index contributed by atoms with van der Waals surface area (Å²) in [6, 6.07) is 1.83. The number of carbonyl (C=O) groups excluding carboxylic acids is 2. The van der Waals surface area contributed by atoms with Gasteiger partial charge in [-0.15, -0.1) is 0 Å². The van der Waals surface area contributed by atoms with Crippen LogP contribution in [0.1, 0.15) is 51.3 Å². The Morgan fingerprint density at radius 3 is 2.85 bits per heavy atom. The fraction of sp³-hybridized carbons (Fsp3) is 0.737. The van der Waals surface area contributed by atoms with E-state index in [4.69, 9.17) is 4.74 Å². The summed E-state index contributed by atoms with van der Waals surface area (Å²) in [6.07, 6.45) is 4.65. The highest BCUT2D eigenvalue weighted by molar-refractivity contribution is 5.78. The van der Waals surface area contributed by atoms with Gasteiger partial charge in [0.15, 0.2) is 0 Å². The summed E-state index contributed by atoms with van der Waals surface area (Å²) in [5, 5.41) is 7.44. The minimum atomic E-state index is -0.0976. The van der Waals surface area contributed by atoms with E-state index >= 15 is 0 Å². The van der Waals surface area contributed by atoms with Gasteiger partial charge in [0.05, 0.1) is 24.7 Å². The number of rotatable bonds is 6. The number of fused-ring (bicyclic) bond motifs is 1. The van der Waals surface area contributed by atoms with E-state index < -0.39 is 0 Å². The van der Waals surface area contributed by atoms with Crippen LogP contribution >= 0.6 is 0 Å². The van der Waals surface area contributed by atoms with Gasteiger partial charge >= 0.3 is 0 Å². The highest BCUT2D eigenvalue weighted by Crippen LogP contribution is 2.24. The fourth-order valence-corrected chi connectivity index (χ4v) is 3.70. The second kappa shape index (κ2) is 8.66. The number of hydrogen-bond donors (Lipinski definition) is 1. The molecule has 1 atom stereocenters. The molecule has 1 N–H and O–H groups in total. The first-order chi connectivity index (χ1) is 12.5. The van der Waals surface area contributed by atoms with E-state index in [1.807, 2.05) is 29.5 Å². The van der Waals surface area contributed by atoms with Crippen molar-refractivity contribution < 1.29 is 14.3 Å². The maximum atomic E-state index is 12.5. The molecule has 7 heteroatoms. The van der Waals surface area contributed by atoms with Crippen LogP contribution in [0.5, 0.6) is 0 Å². The average molecular weight is 362 g/mol. The van der Waals surface area contributed by atoms with Crippen molar-refractivity contribution >= 4 is 11.8 Å². The molecule has 0 unspecified atom stereocenters. The van der Waals surface area contributed by atoms with Crippen molar-refractivity contribution in [2.24, 2.45) is 11.8 Å². The number of carbonyl (C=O) groups is 2. The zero-order chi connectivity index (χ0) is 18.5. The summed E-state index contributed by atoms with van der Waals surface area (Å²) in [5.41, 5.74) is 0.996. The van der Waals surface area contributed by atoms with Crippen molar-refractivity contribution in [3.05, 3.63) is 18.0 Å². The number of hydrogen-bond acceptors (Lipinski definition) is 4. The molecule has 144 valence electrons. The van der Waals surface area contributed by atoms with Crippen molar-refractivity contribution in [3.63, 3.8) is 0 Å². The van der Waals surface area contributed by atoms with Crippen molar-refractivity contribution in [1.29, 1.82) is 0 Å². The van der Waals surface area contributed by atoms with E-state index in [1.165, 1.54) is 0 Å². The normalized spacial score (nSPS) is 20.9. The zero-order valence-electron chi connectivity index (χ0n) is 15.8. The standard InChI is InChI=1S/C19H30N4O3/c1-14(2)9-19(25)22-12-16-3-6-21-23(16)17(13-22)10-18(24)20-11-15-4-7-26-8-5-15/h3,6,14-15,17H,4-5,7-13H2,1-2H3,(H,20,24)/t17-/m0/s1. The Morgan fingerprint density at radius 2 is 2.12 bits per heavy atom. The van der Waals surface area contributed by atoms with Gasteiger partial charge in [-0.2, -0.15) is 5.10 Å². The predicted octanol–water partition coefficient (Wildman–Crippen LogP) is 1.75. The van der Waals surface area contributed by atoms with Crippen molar-refractivity contribution in [2.45, 2.75) is 52.1 Å². The minimum Gasteiger partial charge on any atom is -0.381 e. The Hall–Kier alpha value is -1.89. The molecule has 7 nitrogen and oxygen atoms in total. The smallest absolute Gasteiger partial charge is 0.223 e. The van der Waals surface area contributed by atoms with Gasteiger partial charge in [-0.3, -0.25) is 14.3 Å². The molecule has 0 bridgehead atoms. The first-order valence-electron chi connectivity index (χ1n) is 9.67. The van der Waals surface area contributed by atoms with Gasteiger partial charge in [0, 0.05) is 38.9 Å². The predicted molar refractivity (Wildman–Crippen MR) is 97.3 cm³/mol. The fourth-order valence-electron chi connectivity index (χ4n) is 3.70. The van der Waals surface area contributed by atoms with Crippen molar-refractivity contribution in [2.75, 3.05) is 26.3 Å². The summed E-state index contributed by atoms with van der Waals surface area (Å²) in [4.78, 5) is 26.8. The average Bonchev–Trinajstić information content (AvgIpc) is 3.09. The molecule has 1 aromatic rings. The van der Waals surface area contributed by atoms with E-state index in [9.17, 15) is 9.59 Å². The number of amides is 2. The zero-order valence-corrected chi connectivity index (χ0v) is 15.8. The van der Waals surface area contributed by atoms with E-state index in [0.717, 1.165) is 31.7 Å². The summed E-state index contributed by atoms with van der Waals surface area (Å²) in [7, 11) is 0. The van der Waals surface area contributed by atoms with Gasteiger partial charge in [0.25, 0.3) is 0 Å². The Kier molecular flexibility index (Phi) is 6.29. The Balaban J connectivity index is 1.57. The molecular weight excluding hydrogens is 332 g/mol. The summed E-state index contributed by atoms with van der Waals surface area (Å²) in [5.74, 6) is 1.01. The molecule has 0 spiro atoms. The van der Waals surface area contributed by atoms with Crippen LogP contribution in [-0.2, 0) is 20.9 Å². The lowest BCUT2D eigenvalue weighted by Gasteiger charge is -2.34. The second-order valence-corrected chi connectivity index (χ2v) is 7.86. The minimum absolute atomic E-state index is 0.0288. The van der Waals surface area contributed by atoms with Crippen LogP contribution < -0.4 is 5.32 Å². The van der Waals surface area contributed by atoms with Crippen molar-refractivity contribution in [3.8, 4) is 0 Å². The second-order valence-electron chi connectivity index (χ2n) is 7.86. The van der Waals surface area contributed by atoms with Gasteiger partial charge < -0.3 is 15.0 Å². The lowest BCUT2D eigenvalue weighted by Crippen LogP contribution is -2.43. The van der Waals surface area contributed by atoms with Crippen LogP contribution in [0.2, 0.25) is 0 Å². The molecule has 1 aromatic heterocycles. The van der Waals surface area contributed by atoms with Crippen LogP contribution in [0.15, 0.2) is 12.3 Å². The molecule has 3 rings (SSSR count). The highest BCUT2D eigenvalue weighted by Gasteiger charge is 2.30. The first kappa shape index (κ1) is 18.9. The lowest BCUT2D eigenvalue weighted by atomic mass is 10.0. The topological polar surface area (TPSA) is 76.5 Å². The molecule has 26 heavy (non-hydrogen) atoms. The molecular formula is C19H30N4O3. The molecule has 0 aromatic carbocycles. The van der Waals surface area contributed by atoms with Crippen molar-refractivity contribution in [1.82, 2.24) is 20.0 Å². The third kappa shape index (κ3) is 4.84. The third-order valence-electron chi connectivity index (χ3n) is 5.17. The highest BCUT2D eigenvalue weighted by atomic mass is 16.5. The Labute approximate surface area is 155 Å². The van der Waals surface area contributed by atoms with Crippen LogP contribution in [-0.4, -0.2) is 52.8 Å². The van der Waals surface area contributed by atoms with Gasteiger partial charge in [0.1, 0.15) is 0 Å². The van der Waals surface area contributed by atoms with E-state index in [2.05, 4.69) is 10.4 Å². The molecule has 1 fully saturated rings. The summed E-state index contributed by atoms with van der Waals surface area (Å²) >= 11 is 0. The number of ether oxygens (including phenoxy) is 1. The molecule has 2 amide bonds. The van der Waals surface area contributed by atoms with Crippen LogP contribution in [0.3, 0.4) is 0 Å². The Bertz CT molecular complexity index is 622. The quantitative estimate of drug-likeness (QED) is 0.836. The number of nitrogens with one attached hydrogen (secondary N) is 1. The van der Waals surface area contributed by atoms with Crippen LogP contribution in [0, 0.1) is 11.8 Å². The summed E-state index contributed by atoms with van der Waals surface area (Å²) in [6.45, 7) is 7.49. The molecule has 2 aliphatic heterocycles. The van der Waals surface area contributed by atoms with Gasteiger partial charge in [-0.1, -0.05) is 13.8 Å². The first-order valence-corrected chi connectivity index (χ1v) is 9.67. The van der Waals surface area contributed by atoms with Gasteiger partial charge in [-0.05, 0) is 30.7 Å². The van der Waals surface area contributed by atoms with Gasteiger partial charge in [-0.25, -0.2) is 0 Å². The maximum Gasteiger partial charge on any atom is 0.223 e. The molecule has 0 radical (unpaired) electrons. The molecule has 0 aliphatic carbocycles. The van der Waals surface area contributed by atoms with E-state index in [1.54, 1.807) is 6.20 Å². The third-order valence-corrected chi connectivity index (χ3v) is 5.17.